The number of benzene rings is 1. The van der Waals surface area contributed by atoms with Crippen LogP contribution in [0.1, 0.15) is 31.4 Å². The zero-order chi connectivity index (χ0) is 17.2. The van der Waals surface area contributed by atoms with Gasteiger partial charge in [-0.25, -0.2) is 18.5 Å². The van der Waals surface area contributed by atoms with E-state index in [0.29, 0.717) is 6.61 Å². The van der Waals surface area contributed by atoms with Crippen molar-refractivity contribution in [3.63, 3.8) is 0 Å². The number of sulfonamides is 1. The van der Waals surface area contributed by atoms with Crippen LogP contribution in [0.15, 0.2) is 47.5 Å². The molecule has 0 saturated carbocycles. The maximum Gasteiger partial charge on any atom is 0.274 e. The third kappa shape index (κ3) is 3.52. The molecule has 1 aliphatic heterocycles. The minimum Gasteiger partial charge on any atom is -0.494 e. The number of nitrogens with one attached hydrogen (secondary N) is 1. The van der Waals surface area contributed by atoms with Gasteiger partial charge in [0.1, 0.15) is 22.9 Å². The van der Waals surface area contributed by atoms with Crippen LogP contribution in [-0.4, -0.2) is 21.6 Å². The number of pyridine rings is 1. The Labute approximate surface area is 142 Å². The van der Waals surface area contributed by atoms with Crippen LogP contribution in [0.5, 0.6) is 5.75 Å². The van der Waals surface area contributed by atoms with Crippen LogP contribution in [0.4, 0.5) is 5.82 Å². The maximum atomic E-state index is 11.4. The molecule has 7 heteroatoms. The van der Waals surface area contributed by atoms with Crippen LogP contribution in [-0.2, 0) is 10.0 Å². The predicted molar refractivity (Wildman–Crippen MR) is 91.3 cm³/mol. The fourth-order valence-electron chi connectivity index (χ4n) is 3.11. The van der Waals surface area contributed by atoms with Gasteiger partial charge in [-0.2, -0.15) is 0 Å². The highest BCUT2D eigenvalue weighted by Crippen LogP contribution is 2.35. The topological polar surface area (TPSA) is 86.8 Å². The number of hydrogen-bond acceptors (Lipinski definition) is 4. The second-order valence-electron chi connectivity index (χ2n) is 5.81. The summed E-state index contributed by atoms with van der Waals surface area (Å²) in [5.41, 5.74) is 1.22. The number of anilines is 1. The molecule has 2 aromatic rings. The van der Waals surface area contributed by atoms with Gasteiger partial charge in [-0.05, 0) is 43.5 Å². The molecule has 1 aromatic carbocycles. The average Bonchev–Trinajstić information content (AvgIpc) is 3.05. The summed E-state index contributed by atoms with van der Waals surface area (Å²) in [6.45, 7) is 3.54. The summed E-state index contributed by atoms with van der Waals surface area (Å²) >= 11 is 0. The van der Waals surface area contributed by atoms with Crippen LogP contribution in [0.25, 0.3) is 0 Å². The van der Waals surface area contributed by atoms with Gasteiger partial charge in [-0.3, -0.25) is 4.90 Å². The number of aromatic nitrogens is 1. The van der Waals surface area contributed by atoms with Crippen molar-refractivity contribution in [2.45, 2.75) is 30.7 Å². The molecule has 0 bridgehead atoms. The molecule has 0 spiro atoms. The smallest absolute Gasteiger partial charge is 0.274 e. The zero-order valence-corrected chi connectivity index (χ0v) is 14.4. The second kappa shape index (κ2) is 6.78. The molecule has 1 aliphatic rings. The summed E-state index contributed by atoms with van der Waals surface area (Å²) in [5.74, 6) is 1.76. The van der Waals surface area contributed by atoms with Gasteiger partial charge >= 0.3 is 0 Å². The second-order valence-corrected chi connectivity index (χ2v) is 7.37. The number of nitrogens with two attached hydrogens (primary N) is 1. The van der Waals surface area contributed by atoms with Crippen molar-refractivity contribution in [3.8, 4) is 5.75 Å². The Balaban J connectivity index is 1.82. The SMILES string of the molecule is CCOc1ccc([C@H]2CCCN2c2ccc(S(N)(=O)=O)c[nH+]2)cc1. The van der Waals surface area contributed by atoms with E-state index < -0.39 is 10.0 Å². The first-order chi connectivity index (χ1) is 11.5. The highest BCUT2D eigenvalue weighted by Gasteiger charge is 2.33. The molecule has 0 radical (unpaired) electrons. The monoisotopic (exact) mass is 348 g/mol. The van der Waals surface area contributed by atoms with Crippen molar-refractivity contribution in [1.29, 1.82) is 0 Å². The lowest BCUT2D eigenvalue weighted by Crippen LogP contribution is -2.29. The summed E-state index contributed by atoms with van der Waals surface area (Å²) in [6.07, 6.45) is 3.58. The number of ether oxygens (including phenoxy) is 1. The Bertz CT molecular complexity index is 789. The lowest BCUT2D eigenvalue weighted by Gasteiger charge is -2.19. The quantitative estimate of drug-likeness (QED) is 0.894. The van der Waals surface area contributed by atoms with E-state index in [4.69, 9.17) is 9.88 Å². The fraction of sp³-hybridized carbons (Fsp3) is 0.353. The van der Waals surface area contributed by atoms with E-state index in [1.807, 2.05) is 19.1 Å². The minimum absolute atomic E-state index is 0.0862. The highest BCUT2D eigenvalue weighted by molar-refractivity contribution is 7.89. The van der Waals surface area contributed by atoms with Crippen molar-refractivity contribution in [2.24, 2.45) is 5.14 Å². The molecule has 24 heavy (non-hydrogen) atoms. The summed E-state index contributed by atoms with van der Waals surface area (Å²) in [7, 11) is -3.68. The summed E-state index contributed by atoms with van der Waals surface area (Å²) in [6, 6.07) is 11.7. The largest absolute Gasteiger partial charge is 0.494 e. The Kier molecular flexibility index (Phi) is 4.73. The first-order valence-electron chi connectivity index (χ1n) is 8.03. The molecule has 0 unspecified atom stereocenters. The van der Waals surface area contributed by atoms with Gasteiger partial charge in [0.2, 0.25) is 10.0 Å². The lowest BCUT2D eigenvalue weighted by molar-refractivity contribution is -0.367. The van der Waals surface area contributed by atoms with Crippen LogP contribution < -0.4 is 19.8 Å². The Morgan fingerprint density at radius 2 is 2.00 bits per heavy atom. The van der Waals surface area contributed by atoms with Gasteiger partial charge < -0.3 is 4.74 Å². The van der Waals surface area contributed by atoms with Crippen LogP contribution >= 0.6 is 0 Å². The van der Waals surface area contributed by atoms with E-state index in [0.717, 1.165) is 31.0 Å². The molecule has 3 N–H and O–H groups in total. The molecule has 1 atom stereocenters. The van der Waals surface area contributed by atoms with Crippen molar-refractivity contribution >= 4 is 15.8 Å². The molecule has 1 aromatic heterocycles. The van der Waals surface area contributed by atoms with Crippen molar-refractivity contribution < 1.29 is 18.1 Å². The number of aromatic amines is 1. The Hall–Kier alpha value is -2.12. The maximum absolute atomic E-state index is 11.4. The summed E-state index contributed by atoms with van der Waals surface area (Å²) in [5, 5.41) is 5.14. The predicted octanol–water partition coefficient (Wildman–Crippen LogP) is 1.89. The third-order valence-corrected chi connectivity index (χ3v) is 5.15. The minimum atomic E-state index is -3.68. The zero-order valence-electron chi connectivity index (χ0n) is 13.6. The van der Waals surface area contributed by atoms with Crippen LogP contribution in [0.2, 0.25) is 0 Å². The van der Waals surface area contributed by atoms with Gasteiger partial charge in [-0.15, -0.1) is 0 Å². The van der Waals surface area contributed by atoms with Gasteiger partial charge in [0.05, 0.1) is 13.2 Å². The van der Waals surface area contributed by atoms with Gasteiger partial charge in [0.15, 0.2) is 0 Å². The number of nitrogens with zero attached hydrogens (tertiary/aromatic N) is 1. The van der Waals surface area contributed by atoms with Gasteiger partial charge in [0.25, 0.3) is 5.82 Å². The van der Waals surface area contributed by atoms with Crippen LogP contribution in [0.3, 0.4) is 0 Å². The van der Waals surface area contributed by atoms with E-state index in [1.165, 1.54) is 17.8 Å². The molecule has 0 aliphatic carbocycles. The van der Waals surface area contributed by atoms with Crippen molar-refractivity contribution in [2.75, 3.05) is 18.1 Å². The van der Waals surface area contributed by atoms with E-state index >= 15 is 0 Å². The molecule has 1 saturated heterocycles. The van der Waals surface area contributed by atoms with E-state index in [-0.39, 0.29) is 10.9 Å². The average molecular weight is 348 g/mol. The fourth-order valence-corrected chi connectivity index (χ4v) is 3.59. The lowest BCUT2D eigenvalue weighted by atomic mass is 10.0. The van der Waals surface area contributed by atoms with Crippen molar-refractivity contribution in [1.82, 2.24) is 0 Å². The Morgan fingerprint density at radius 1 is 1.25 bits per heavy atom. The normalized spacial score (nSPS) is 17.9. The summed E-state index contributed by atoms with van der Waals surface area (Å²) < 4.78 is 28.2. The summed E-state index contributed by atoms with van der Waals surface area (Å²) in [4.78, 5) is 5.40. The molecule has 1 fully saturated rings. The molecule has 0 amide bonds. The number of hydrogen-bond donors (Lipinski definition) is 1. The molecular weight excluding hydrogens is 326 g/mol. The highest BCUT2D eigenvalue weighted by atomic mass is 32.2. The molecule has 2 heterocycles. The van der Waals surface area contributed by atoms with E-state index in [9.17, 15) is 8.42 Å². The Morgan fingerprint density at radius 3 is 2.58 bits per heavy atom. The van der Waals surface area contributed by atoms with E-state index in [1.54, 1.807) is 6.07 Å². The first-order valence-corrected chi connectivity index (χ1v) is 9.57. The number of H-pyrrole nitrogens is 1. The third-order valence-electron chi connectivity index (χ3n) is 4.23. The molecule has 6 nitrogen and oxygen atoms in total. The molecule has 3 rings (SSSR count). The van der Waals surface area contributed by atoms with E-state index in [2.05, 4.69) is 22.0 Å². The van der Waals surface area contributed by atoms with Crippen molar-refractivity contribution in [3.05, 3.63) is 48.2 Å². The molecule has 128 valence electrons. The van der Waals surface area contributed by atoms with Gasteiger partial charge in [-0.1, -0.05) is 12.1 Å². The number of primary sulfonamides is 1. The van der Waals surface area contributed by atoms with Gasteiger partial charge in [0, 0.05) is 6.07 Å². The van der Waals surface area contributed by atoms with Crippen LogP contribution in [0, 0.1) is 0 Å². The number of rotatable bonds is 5. The first kappa shape index (κ1) is 16.7. The standard InChI is InChI=1S/C17H21N3O3S/c1-2-23-14-7-5-13(6-8-14)16-4-3-11-20(16)17-10-9-15(12-19-17)24(18,21)22/h5-10,12,16H,2-4,11H2,1H3,(H2,18,21,22)/p+1/t16-/m1/s1. The molecular formula is C17H22N3O3S+.